The van der Waals surface area contributed by atoms with Gasteiger partial charge in [-0.15, -0.1) is 12.4 Å². The molecule has 1 atom stereocenters. The second-order valence-electron chi connectivity index (χ2n) is 5.94. The Kier molecular flexibility index (Phi) is 8.28. The maximum absolute atomic E-state index is 12.2. The minimum Gasteiger partial charge on any atom is -0.492 e. The number of benzene rings is 1. The molecule has 1 fully saturated rings. The number of amides is 1. The van der Waals surface area contributed by atoms with Crippen molar-refractivity contribution in [2.24, 2.45) is 17.6 Å². The van der Waals surface area contributed by atoms with Crippen molar-refractivity contribution in [1.82, 2.24) is 0 Å². The summed E-state index contributed by atoms with van der Waals surface area (Å²) in [4.78, 5) is 12.2. The van der Waals surface area contributed by atoms with Gasteiger partial charge in [0.05, 0.1) is 0 Å². The summed E-state index contributed by atoms with van der Waals surface area (Å²) in [7, 11) is 0. The van der Waals surface area contributed by atoms with E-state index < -0.39 is 0 Å². The lowest BCUT2D eigenvalue weighted by Crippen LogP contribution is -2.22. The lowest BCUT2D eigenvalue weighted by Gasteiger charge is -2.16. The number of rotatable bonds is 7. The molecule has 1 aromatic carbocycles. The van der Waals surface area contributed by atoms with Crippen LogP contribution in [0.25, 0.3) is 0 Å². The van der Waals surface area contributed by atoms with Crippen LogP contribution in [-0.2, 0) is 4.79 Å². The molecule has 1 amide bonds. The summed E-state index contributed by atoms with van der Waals surface area (Å²) in [5, 5.41) is 2.98. The minimum atomic E-state index is 0. The highest BCUT2D eigenvalue weighted by Gasteiger charge is 2.21. The molecule has 0 aliphatic heterocycles. The first-order chi connectivity index (χ1) is 10.2. The second-order valence-corrected chi connectivity index (χ2v) is 5.94. The van der Waals surface area contributed by atoms with Gasteiger partial charge in [0, 0.05) is 18.2 Å². The molecular weight excluding hydrogens is 300 g/mol. The van der Waals surface area contributed by atoms with Crippen LogP contribution in [0.5, 0.6) is 5.75 Å². The molecule has 0 aromatic heterocycles. The fourth-order valence-electron chi connectivity index (χ4n) is 2.93. The maximum Gasteiger partial charge on any atom is 0.227 e. The summed E-state index contributed by atoms with van der Waals surface area (Å²) in [5.74, 6) is 1.69. The molecule has 0 radical (unpaired) electrons. The first-order valence-electron chi connectivity index (χ1n) is 7.93. The van der Waals surface area contributed by atoms with Gasteiger partial charge < -0.3 is 15.8 Å². The van der Waals surface area contributed by atoms with Crippen LogP contribution in [0, 0.1) is 11.8 Å². The summed E-state index contributed by atoms with van der Waals surface area (Å²) in [6.07, 6.45) is 6.21. The van der Waals surface area contributed by atoms with Gasteiger partial charge in [0.1, 0.15) is 12.4 Å². The van der Waals surface area contributed by atoms with Crippen LogP contribution in [-0.4, -0.2) is 19.1 Å². The molecule has 1 saturated carbocycles. The lowest BCUT2D eigenvalue weighted by atomic mass is 9.94. The van der Waals surface area contributed by atoms with Crippen molar-refractivity contribution in [3.63, 3.8) is 0 Å². The van der Waals surface area contributed by atoms with E-state index in [1.54, 1.807) is 0 Å². The zero-order chi connectivity index (χ0) is 15.1. The fraction of sp³-hybridized carbons (Fsp3) is 0.588. The molecular formula is C17H27ClN2O2. The lowest BCUT2D eigenvalue weighted by molar-refractivity contribution is -0.119. The molecule has 2 rings (SSSR count). The standard InChI is InChI=1S/C17H26N2O2.ClH/c1-13(12-14-4-2-3-5-14)17(20)19-15-6-8-16(9-7-15)21-11-10-18;/h6-9,13-14H,2-5,10-12,18H2,1H3,(H,19,20);1H. The third-order valence-corrected chi connectivity index (χ3v) is 4.12. The van der Waals surface area contributed by atoms with Gasteiger partial charge >= 0.3 is 0 Å². The summed E-state index contributed by atoms with van der Waals surface area (Å²) < 4.78 is 5.41. The van der Waals surface area contributed by atoms with Crippen molar-refractivity contribution >= 4 is 24.0 Å². The van der Waals surface area contributed by atoms with Crippen LogP contribution in [0.3, 0.4) is 0 Å². The molecule has 1 unspecified atom stereocenters. The van der Waals surface area contributed by atoms with E-state index in [9.17, 15) is 4.79 Å². The average Bonchev–Trinajstić information content (AvgIpc) is 2.99. The Hall–Kier alpha value is -1.26. The number of nitrogens with one attached hydrogen (secondary N) is 1. The van der Waals surface area contributed by atoms with Gasteiger partial charge in [-0.25, -0.2) is 0 Å². The molecule has 22 heavy (non-hydrogen) atoms. The Morgan fingerprint density at radius 2 is 1.95 bits per heavy atom. The fourth-order valence-corrected chi connectivity index (χ4v) is 2.93. The van der Waals surface area contributed by atoms with E-state index in [1.165, 1.54) is 25.7 Å². The van der Waals surface area contributed by atoms with Gasteiger partial charge in [0.15, 0.2) is 0 Å². The van der Waals surface area contributed by atoms with E-state index in [1.807, 2.05) is 31.2 Å². The predicted octanol–water partition coefficient (Wildman–Crippen LogP) is 3.60. The summed E-state index contributed by atoms with van der Waals surface area (Å²) in [6.45, 7) is 3.02. The van der Waals surface area contributed by atoms with Crippen LogP contribution in [0.2, 0.25) is 0 Å². The minimum absolute atomic E-state index is 0. The van der Waals surface area contributed by atoms with Gasteiger partial charge in [-0.3, -0.25) is 4.79 Å². The van der Waals surface area contributed by atoms with Crippen molar-refractivity contribution in [2.45, 2.75) is 39.0 Å². The van der Waals surface area contributed by atoms with Crippen molar-refractivity contribution in [3.8, 4) is 5.75 Å². The summed E-state index contributed by atoms with van der Waals surface area (Å²) >= 11 is 0. The highest BCUT2D eigenvalue weighted by Crippen LogP contribution is 2.30. The van der Waals surface area contributed by atoms with Crippen LogP contribution >= 0.6 is 12.4 Å². The van der Waals surface area contributed by atoms with Gasteiger partial charge in [-0.05, 0) is 36.6 Å². The number of hydrogen-bond donors (Lipinski definition) is 2. The van der Waals surface area contributed by atoms with E-state index in [0.29, 0.717) is 13.2 Å². The molecule has 4 nitrogen and oxygen atoms in total. The number of ether oxygens (including phenoxy) is 1. The number of carbonyl (C=O) groups is 1. The summed E-state index contributed by atoms with van der Waals surface area (Å²) in [5.41, 5.74) is 6.21. The van der Waals surface area contributed by atoms with Crippen LogP contribution in [0.15, 0.2) is 24.3 Å². The smallest absolute Gasteiger partial charge is 0.227 e. The Morgan fingerprint density at radius 3 is 2.55 bits per heavy atom. The van der Waals surface area contributed by atoms with Gasteiger partial charge in [-0.1, -0.05) is 32.6 Å². The molecule has 1 aromatic rings. The molecule has 0 saturated heterocycles. The highest BCUT2D eigenvalue weighted by molar-refractivity contribution is 5.92. The molecule has 124 valence electrons. The first-order valence-corrected chi connectivity index (χ1v) is 7.93. The molecule has 1 aliphatic rings. The largest absolute Gasteiger partial charge is 0.492 e. The van der Waals surface area contributed by atoms with Gasteiger partial charge in [0.25, 0.3) is 0 Å². The Bertz CT molecular complexity index is 444. The third kappa shape index (κ3) is 5.85. The van der Waals surface area contributed by atoms with E-state index in [4.69, 9.17) is 10.5 Å². The number of halogens is 1. The number of hydrogen-bond acceptors (Lipinski definition) is 3. The molecule has 0 heterocycles. The van der Waals surface area contributed by atoms with Crippen molar-refractivity contribution in [3.05, 3.63) is 24.3 Å². The van der Waals surface area contributed by atoms with Crippen molar-refractivity contribution < 1.29 is 9.53 Å². The quantitative estimate of drug-likeness (QED) is 0.804. The molecule has 0 spiro atoms. The summed E-state index contributed by atoms with van der Waals surface area (Å²) in [6, 6.07) is 7.44. The monoisotopic (exact) mass is 326 g/mol. The predicted molar refractivity (Wildman–Crippen MR) is 92.6 cm³/mol. The maximum atomic E-state index is 12.2. The molecule has 3 N–H and O–H groups in total. The third-order valence-electron chi connectivity index (χ3n) is 4.12. The second kappa shape index (κ2) is 9.70. The number of anilines is 1. The van der Waals surface area contributed by atoms with Crippen molar-refractivity contribution in [2.75, 3.05) is 18.5 Å². The number of nitrogens with two attached hydrogens (primary N) is 1. The van der Waals surface area contributed by atoms with Crippen molar-refractivity contribution in [1.29, 1.82) is 0 Å². The van der Waals surface area contributed by atoms with E-state index in [2.05, 4.69) is 5.32 Å². The highest BCUT2D eigenvalue weighted by atomic mass is 35.5. The topological polar surface area (TPSA) is 64.3 Å². The Morgan fingerprint density at radius 1 is 1.32 bits per heavy atom. The van der Waals surface area contributed by atoms with Crippen LogP contribution in [0.1, 0.15) is 39.0 Å². The van der Waals surface area contributed by atoms with Crippen LogP contribution in [0.4, 0.5) is 5.69 Å². The van der Waals surface area contributed by atoms with Gasteiger partial charge in [-0.2, -0.15) is 0 Å². The first kappa shape index (κ1) is 18.8. The zero-order valence-corrected chi connectivity index (χ0v) is 14.0. The molecule has 5 heteroatoms. The van der Waals surface area contributed by atoms with Gasteiger partial charge in [0.2, 0.25) is 5.91 Å². The number of carbonyl (C=O) groups excluding carboxylic acids is 1. The average molecular weight is 327 g/mol. The van der Waals surface area contributed by atoms with Crippen LogP contribution < -0.4 is 15.8 Å². The normalized spacial score (nSPS) is 15.9. The Balaban J connectivity index is 0.00000242. The molecule has 0 bridgehead atoms. The van der Waals surface area contributed by atoms with E-state index >= 15 is 0 Å². The molecule has 1 aliphatic carbocycles. The SMILES string of the molecule is CC(CC1CCCC1)C(=O)Nc1ccc(OCCN)cc1.Cl. The zero-order valence-electron chi connectivity index (χ0n) is 13.2. The van der Waals surface area contributed by atoms with E-state index in [-0.39, 0.29) is 24.2 Å². The van der Waals surface area contributed by atoms with E-state index in [0.717, 1.165) is 23.8 Å². The Labute approximate surface area is 139 Å².